The van der Waals surface area contributed by atoms with Gasteiger partial charge in [-0.2, -0.15) is 0 Å². The van der Waals surface area contributed by atoms with Crippen molar-refractivity contribution in [2.45, 2.75) is 19.8 Å². The van der Waals surface area contributed by atoms with E-state index in [2.05, 4.69) is 31.3 Å². The van der Waals surface area contributed by atoms with Gasteiger partial charge in [0, 0.05) is 16.8 Å². The first kappa shape index (κ1) is 15.3. The molecule has 0 aliphatic heterocycles. The number of rotatable bonds is 4. The van der Waals surface area contributed by atoms with E-state index in [1.165, 1.54) is 11.6 Å². The second-order valence-corrected chi connectivity index (χ2v) is 5.59. The highest BCUT2D eigenvalue weighted by atomic mass is 35.5. The van der Waals surface area contributed by atoms with Gasteiger partial charge in [-0.1, -0.05) is 49.7 Å². The maximum absolute atomic E-state index is 11.8. The molecule has 2 nitrogen and oxygen atoms in total. The largest absolute Gasteiger partial charge is 0.323 e. The van der Waals surface area contributed by atoms with Gasteiger partial charge in [0.05, 0.1) is 0 Å². The van der Waals surface area contributed by atoms with Gasteiger partial charge in [-0.05, 0) is 47.4 Å². The highest BCUT2D eigenvalue weighted by molar-refractivity contribution is 6.30. The first-order valence-corrected chi connectivity index (χ1v) is 7.27. The molecule has 0 atom stereocenters. The molecule has 0 aliphatic rings. The molecule has 0 fully saturated rings. The molecule has 0 saturated heterocycles. The Kier molecular flexibility index (Phi) is 5.18. The van der Waals surface area contributed by atoms with Crippen LogP contribution in [0.4, 0.5) is 5.69 Å². The van der Waals surface area contributed by atoms with E-state index in [1.54, 1.807) is 30.3 Å². The lowest BCUT2D eigenvalue weighted by molar-refractivity contribution is -0.111. The third kappa shape index (κ3) is 4.76. The number of benzene rings is 2. The normalized spacial score (nSPS) is 11.0. The van der Waals surface area contributed by atoms with E-state index in [0.717, 1.165) is 11.3 Å². The molecule has 21 heavy (non-hydrogen) atoms. The molecule has 2 aromatic carbocycles. The lowest BCUT2D eigenvalue weighted by Crippen LogP contribution is -2.07. The monoisotopic (exact) mass is 299 g/mol. The minimum absolute atomic E-state index is 0.162. The highest BCUT2D eigenvalue weighted by Gasteiger charge is 1.99. The fraction of sp³-hybridized carbons (Fsp3) is 0.167. The van der Waals surface area contributed by atoms with Gasteiger partial charge >= 0.3 is 0 Å². The van der Waals surface area contributed by atoms with Gasteiger partial charge in [0.2, 0.25) is 5.91 Å². The summed E-state index contributed by atoms with van der Waals surface area (Å²) in [5.74, 6) is 0.349. The summed E-state index contributed by atoms with van der Waals surface area (Å²) < 4.78 is 0. The fourth-order valence-electron chi connectivity index (χ4n) is 1.88. The van der Waals surface area contributed by atoms with E-state index >= 15 is 0 Å². The quantitative estimate of drug-likeness (QED) is 0.780. The van der Waals surface area contributed by atoms with Gasteiger partial charge in [0.25, 0.3) is 0 Å². The van der Waals surface area contributed by atoms with Crippen molar-refractivity contribution in [2.24, 2.45) is 0 Å². The van der Waals surface area contributed by atoms with Crippen LogP contribution in [0.15, 0.2) is 54.6 Å². The summed E-state index contributed by atoms with van der Waals surface area (Å²) in [6.45, 7) is 4.31. The number of hydrogen-bond acceptors (Lipinski definition) is 1. The second-order valence-electron chi connectivity index (χ2n) is 5.15. The van der Waals surface area contributed by atoms with Crippen LogP contribution in [0, 0.1) is 0 Å². The van der Waals surface area contributed by atoms with Crippen molar-refractivity contribution in [3.8, 4) is 0 Å². The molecule has 0 spiro atoms. The maximum atomic E-state index is 11.8. The Bertz CT molecular complexity index is 627. The van der Waals surface area contributed by atoms with Gasteiger partial charge in [0.15, 0.2) is 0 Å². The summed E-state index contributed by atoms with van der Waals surface area (Å²) in [5, 5.41) is 3.43. The molecule has 0 radical (unpaired) electrons. The van der Waals surface area contributed by atoms with E-state index in [1.807, 2.05) is 12.1 Å². The third-order valence-electron chi connectivity index (χ3n) is 3.14. The van der Waals surface area contributed by atoms with Crippen molar-refractivity contribution < 1.29 is 4.79 Å². The molecule has 1 N–H and O–H groups in total. The molecule has 0 aromatic heterocycles. The molecule has 3 heteroatoms. The Morgan fingerprint density at radius 1 is 1.05 bits per heavy atom. The Morgan fingerprint density at radius 2 is 1.67 bits per heavy atom. The number of carbonyl (C=O) groups is 1. The molecule has 108 valence electrons. The van der Waals surface area contributed by atoms with E-state index in [0.29, 0.717) is 10.9 Å². The van der Waals surface area contributed by atoms with Crippen LogP contribution in [0.3, 0.4) is 0 Å². The predicted molar refractivity (Wildman–Crippen MR) is 89.6 cm³/mol. The third-order valence-corrected chi connectivity index (χ3v) is 3.39. The van der Waals surface area contributed by atoms with Crippen molar-refractivity contribution in [3.05, 3.63) is 70.8 Å². The van der Waals surface area contributed by atoms with Crippen LogP contribution in [0.5, 0.6) is 0 Å². The zero-order chi connectivity index (χ0) is 15.2. The number of halogens is 1. The first-order chi connectivity index (χ1) is 10.0. The van der Waals surface area contributed by atoms with Crippen molar-refractivity contribution in [1.82, 2.24) is 0 Å². The molecule has 0 unspecified atom stereocenters. The van der Waals surface area contributed by atoms with Crippen LogP contribution >= 0.6 is 11.6 Å². The van der Waals surface area contributed by atoms with Crippen LogP contribution in [-0.4, -0.2) is 5.91 Å². The fourth-order valence-corrected chi connectivity index (χ4v) is 2.01. The SMILES string of the molecule is CC(C)c1ccc(/C=C/C(=O)Nc2ccc(Cl)cc2)cc1. The van der Waals surface area contributed by atoms with Gasteiger partial charge in [0.1, 0.15) is 0 Å². The van der Waals surface area contributed by atoms with E-state index in [9.17, 15) is 4.79 Å². The number of anilines is 1. The molecule has 0 bridgehead atoms. The van der Waals surface area contributed by atoms with Crippen LogP contribution in [-0.2, 0) is 4.79 Å². The summed E-state index contributed by atoms with van der Waals surface area (Å²) in [7, 11) is 0. The average Bonchev–Trinajstić information content (AvgIpc) is 2.48. The molecule has 2 aromatic rings. The molecule has 0 aliphatic carbocycles. The van der Waals surface area contributed by atoms with Gasteiger partial charge in [-0.3, -0.25) is 4.79 Å². The second kappa shape index (κ2) is 7.09. The summed E-state index contributed by atoms with van der Waals surface area (Å²) >= 11 is 5.80. The standard InChI is InChI=1S/C18H18ClNO/c1-13(2)15-6-3-14(4-7-15)5-12-18(21)20-17-10-8-16(19)9-11-17/h3-13H,1-2H3,(H,20,21)/b12-5+. The van der Waals surface area contributed by atoms with Gasteiger partial charge in [-0.15, -0.1) is 0 Å². The minimum Gasteiger partial charge on any atom is -0.323 e. The van der Waals surface area contributed by atoms with E-state index in [-0.39, 0.29) is 5.91 Å². The zero-order valence-corrected chi connectivity index (χ0v) is 12.9. The van der Waals surface area contributed by atoms with Crippen molar-refractivity contribution in [2.75, 3.05) is 5.32 Å². The summed E-state index contributed by atoms with van der Waals surface area (Å²) in [6, 6.07) is 15.2. The Balaban J connectivity index is 1.96. The van der Waals surface area contributed by atoms with E-state index in [4.69, 9.17) is 11.6 Å². The Hall–Kier alpha value is -2.06. The molecule has 2 rings (SSSR count). The smallest absolute Gasteiger partial charge is 0.248 e. The van der Waals surface area contributed by atoms with Crippen molar-refractivity contribution in [1.29, 1.82) is 0 Å². The molecule has 1 amide bonds. The lowest BCUT2D eigenvalue weighted by Gasteiger charge is -2.05. The van der Waals surface area contributed by atoms with Crippen LogP contribution in [0.25, 0.3) is 6.08 Å². The molecular formula is C18H18ClNO. The number of carbonyl (C=O) groups excluding carboxylic acids is 1. The number of amides is 1. The molecule has 0 heterocycles. The minimum atomic E-state index is -0.162. The summed E-state index contributed by atoms with van der Waals surface area (Å²) in [6.07, 6.45) is 3.33. The van der Waals surface area contributed by atoms with Crippen LogP contribution in [0.2, 0.25) is 5.02 Å². The Labute approximate surface area is 130 Å². The lowest BCUT2D eigenvalue weighted by atomic mass is 10.0. The molecule has 0 saturated carbocycles. The van der Waals surface area contributed by atoms with Gasteiger partial charge < -0.3 is 5.32 Å². The summed E-state index contributed by atoms with van der Waals surface area (Å²) in [5.41, 5.74) is 3.02. The van der Waals surface area contributed by atoms with Gasteiger partial charge in [-0.25, -0.2) is 0 Å². The number of nitrogens with one attached hydrogen (secondary N) is 1. The Morgan fingerprint density at radius 3 is 2.24 bits per heavy atom. The predicted octanol–water partition coefficient (Wildman–Crippen LogP) is 5.12. The maximum Gasteiger partial charge on any atom is 0.248 e. The highest BCUT2D eigenvalue weighted by Crippen LogP contribution is 2.16. The molecular weight excluding hydrogens is 282 g/mol. The van der Waals surface area contributed by atoms with Crippen molar-refractivity contribution in [3.63, 3.8) is 0 Å². The topological polar surface area (TPSA) is 29.1 Å². The van der Waals surface area contributed by atoms with Crippen LogP contribution < -0.4 is 5.32 Å². The van der Waals surface area contributed by atoms with Crippen LogP contribution in [0.1, 0.15) is 30.9 Å². The average molecular weight is 300 g/mol. The zero-order valence-electron chi connectivity index (χ0n) is 12.1. The first-order valence-electron chi connectivity index (χ1n) is 6.89. The van der Waals surface area contributed by atoms with Crippen molar-refractivity contribution >= 4 is 29.3 Å². The van der Waals surface area contributed by atoms with E-state index < -0.39 is 0 Å². The number of hydrogen-bond donors (Lipinski definition) is 1. The summed E-state index contributed by atoms with van der Waals surface area (Å²) in [4.78, 5) is 11.8.